The summed E-state index contributed by atoms with van der Waals surface area (Å²) in [5, 5.41) is 0. The summed E-state index contributed by atoms with van der Waals surface area (Å²) in [7, 11) is 0. The summed E-state index contributed by atoms with van der Waals surface area (Å²) in [5.41, 5.74) is 9.28. The Hall–Kier alpha value is -1.51. The third-order valence-corrected chi connectivity index (χ3v) is 3.79. The van der Waals surface area contributed by atoms with Gasteiger partial charge in [0.05, 0.1) is 0 Å². The van der Waals surface area contributed by atoms with Crippen LogP contribution in [0.25, 0.3) is 0 Å². The summed E-state index contributed by atoms with van der Waals surface area (Å²) in [6, 6.07) is 5.94. The van der Waals surface area contributed by atoms with Crippen LogP contribution in [0.1, 0.15) is 51.7 Å². The van der Waals surface area contributed by atoms with Gasteiger partial charge in [-0.05, 0) is 41.0 Å². The van der Waals surface area contributed by atoms with E-state index < -0.39 is 0 Å². The number of carbonyl (C=O) groups is 1. The molecule has 110 valence electrons. The Balaban J connectivity index is 1.93. The number of nitrogens with zero attached hydrogens (tertiary/aromatic N) is 1. The highest BCUT2D eigenvalue weighted by Crippen LogP contribution is 2.29. The second kappa shape index (κ2) is 5.47. The fraction of sp³-hybridized carbons (Fsp3) is 0.588. The minimum Gasteiger partial charge on any atom is -0.399 e. The molecule has 1 atom stereocenters. The molecule has 1 unspecified atom stereocenters. The second-order valence-electron chi connectivity index (χ2n) is 7.35. The lowest BCUT2D eigenvalue weighted by atomic mass is 9.84. The van der Waals surface area contributed by atoms with E-state index in [-0.39, 0.29) is 11.3 Å². The van der Waals surface area contributed by atoms with Crippen LogP contribution in [0.2, 0.25) is 0 Å². The number of fused-ring (bicyclic) bond motifs is 1. The molecule has 2 rings (SSSR count). The summed E-state index contributed by atoms with van der Waals surface area (Å²) in [4.78, 5) is 14.3. The number of nitrogens with two attached hydrogens (primary N) is 1. The Morgan fingerprint density at radius 2 is 1.95 bits per heavy atom. The maximum absolute atomic E-state index is 12.4. The van der Waals surface area contributed by atoms with Crippen LogP contribution < -0.4 is 5.73 Å². The number of hydrogen-bond acceptors (Lipinski definition) is 2. The fourth-order valence-corrected chi connectivity index (χ4v) is 3.14. The van der Waals surface area contributed by atoms with E-state index >= 15 is 0 Å². The predicted octanol–water partition coefficient (Wildman–Crippen LogP) is 3.57. The Morgan fingerprint density at radius 1 is 1.30 bits per heavy atom. The molecule has 0 aliphatic carbocycles. The zero-order chi connectivity index (χ0) is 14.9. The standard InChI is InChI=1S/C17H26N2O/c1-12(9-17(2,3)4)7-16(20)19-10-13-5-6-15(18)8-14(13)11-19/h5-6,8,12H,7,9-11,18H2,1-4H3. The van der Waals surface area contributed by atoms with Gasteiger partial charge in [0.1, 0.15) is 0 Å². The van der Waals surface area contributed by atoms with Crippen molar-refractivity contribution in [2.45, 2.75) is 53.6 Å². The van der Waals surface area contributed by atoms with E-state index in [1.807, 2.05) is 23.1 Å². The molecule has 0 saturated heterocycles. The maximum atomic E-state index is 12.4. The predicted molar refractivity (Wildman–Crippen MR) is 83.0 cm³/mol. The van der Waals surface area contributed by atoms with Crippen LogP contribution in [0.5, 0.6) is 0 Å². The van der Waals surface area contributed by atoms with Crippen molar-refractivity contribution < 1.29 is 4.79 Å². The normalized spacial score (nSPS) is 16.1. The van der Waals surface area contributed by atoms with Crippen LogP contribution in [0, 0.1) is 11.3 Å². The lowest BCUT2D eigenvalue weighted by Gasteiger charge is -2.24. The monoisotopic (exact) mass is 274 g/mol. The highest BCUT2D eigenvalue weighted by molar-refractivity contribution is 5.77. The van der Waals surface area contributed by atoms with Gasteiger partial charge in [0.15, 0.2) is 0 Å². The van der Waals surface area contributed by atoms with Crippen molar-refractivity contribution in [1.82, 2.24) is 4.90 Å². The molecule has 0 radical (unpaired) electrons. The first-order valence-electron chi connectivity index (χ1n) is 7.39. The van der Waals surface area contributed by atoms with Gasteiger partial charge in [-0.1, -0.05) is 33.8 Å². The van der Waals surface area contributed by atoms with Crippen molar-refractivity contribution in [3.8, 4) is 0 Å². The lowest BCUT2D eigenvalue weighted by Crippen LogP contribution is -2.27. The van der Waals surface area contributed by atoms with E-state index in [0.29, 0.717) is 18.9 Å². The molecule has 0 spiro atoms. The molecule has 1 aliphatic heterocycles. The fourth-order valence-electron chi connectivity index (χ4n) is 3.14. The molecule has 1 amide bonds. The molecule has 1 aromatic carbocycles. The first kappa shape index (κ1) is 14.9. The third kappa shape index (κ3) is 3.75. The molecular formula is C17H26N2O. The number of anilines is 1. The van der Waals surface area contributed by atoms with Crippen molar-refractivity contribution in [3.63, 3.8) is 0 Å². The smallest absolute Gasteiger partial charge is 0.223 e. The zero-order valence-electron chi connectivity index (χ0n) is 13.1. The van der Waals surface area contributed by atoms with Crippen LogP contribution >= 0.6 is 0 Å². The molecule has 20 heavy (non-hydrogen) atoms. The summed E-state index contributed by atoms with van der Waals surface area (Å²) >= 11 is 0. The molecule has 1 aliphatic rings. The summed E-state index contributed by atoms with van der Waals surface area (Å²) < 4.78 is 0. The summed E-state index contributed by atoms with van der Waals surface area (Å²) in [6.45, 7) is 10.3. The van der Waals surface area contributed by atoms with Gasteiger partial charge < -0.3 is 10.6 Å². The number of rotatable bonds is 3. The maximum Gasteiger partial charge on any atom is 0.223 e. The van der Waals surface area contributed by atoms with Crippen LogP contribution in [-0.4, -0.2) is 10.8 Å². The average molecular weight is 274 g/mol. The highest BCUT2D eigenvalue weighted by atomic mass is 16.2. The van der Waals surface area contributed by atoms with Gasteiger partial charge in [0, 0.05) is 25.2 Å². The van der Waals surface area contributed by atoms with Crippen molar-refractivity contribution in [2.24, 2.45) is 11.3 Å². The van der Waals surface area contributed by atoms with Gasteiger partial charge in [-0.2, -0.15) is 0 Å². The first-order chi connectivity index (χ1) is 9.24. The van der Waals surface area contributed by atoms with Crippen LogP contribution in [-0.2, 0) is 17.9 Å². The number of nitrogen functional groups attached to an aromatic ring is 1. The van der Waals surface area contributed by atoms with Gasteiger partial charge in [-0.15, -0.1) is 0 Å². The third-order valence-electron chi connectivity index (χ3n) is 3.79. The second-order valence-corrected chi connectivity index (χ2v) is 7.35. The highest BCUT2D eigenvalue weighted by Gasteiger charge is 2.25. The van der Waals surface area contributed by atoms with Crippen molar-refractivity contribution in [3.05, 3.63) is 29.3 Å². The van der Waals surface area contributed by atoms with E-state index in [9.17, 15) is 4.79 Å². The quantitative estimate of drug-likeness (QED) is 0.856. The van der Waals surface area contributed by atoms with Gasteiger partial charge in [-0.3, -0.25) is 4.79 Å². The van der Waals surface area contributed by atoms with Gasteiger partial charge >= 0.3 is 0 Å². The first-order valence-corrected chi connectivity index (χ1v) is 7.39. The van der Waals surface area contributed by atoms with E-state index in [4.69, 9.17) is 5.73 Å². The molecule has 1 aromatic rings. The molecule has 3 heteroatoms. The molecule has 1 heterocycles. The molecule has 0 aromatic heterocycles. The minimum absolute atomic E-state index is 0.261. The van der Waals surface area contributed by atoms with Gasteiger partial charge in [-0.25, -0.2) is 0 Å². The van der Waals surface area contributed by atoms with Crippen molar-refractivity contribution in [2.75, 3.05) is 5.73 Å². The minimum atomic E-state index is 0.261. The van der Waals surface area contributed by atoms with E-state index in [0.717, 1.165) is 18.7 Å². The van der Waals surface area contributed by atoms with Crippen LogP contribution in [0.4, 0.5) is 5.69 Å². The number of hydrogen-bond donors (Lipinski definition) is 1. The van der Waals surface area contributed by atoms with Crippen molar-refractivity contribution in [1.29, 1.82) is 0 Å². The summed E-state index contributed by atoms with van der Waals surface area (Å²) in [6.07, 6.45) is 1.72. The Labute approximate surface area is 122 Å². The van der Waals surface area contributed by atoms with E-state index in [2.05, 4.69) is 27.7 Å². The average Bonchev–Trinajstić information content (AvgIpc) is 2.68. The largest absolute Gasteiger partial charge is 0.399 e. The molecule has 0 bridgehead atoms. The molecule has 0 fully saturated rings. The SMILES string of the molecule is CC(CC(=O)N1Cc2ccc(N)cc2C1)CC(C)(C)C. The molecule has 2 N–H and O–H groups in total. The molecule has 0 saturated carbocycles. The zero-order valence-corrected chi connectivity index (χ0v) is 13.1. The van der Waals surface area contributed by atoms with Crippen molar-refractivity contribution >= 4 is 11.6 Å². The number of carbonyl (C=O) groups excluding carboxylic acids is 1. The van der Waals surface area contributed by atoms with E-state index in [1.54, 1.807) is 0 Å². The Kier molecular flexibility index (Phi) is 4.07. The Morgan fingerprint density at radius 3 is 2.60 bits per heavy atom. The van der Waals surface area contributed by atoms with Crippen LogP contribution in [0.3, 0.4) is 0 Å². The molecular weight excluding hydrogens is 248 g/mol. The van der Waals surface area contributed by atoms with Gasteiger partial charge in [0.25, 0.3) is 0 Å². The number of amides is 1. The molecule has 3 nitrogen and oxygen atoms in total. The summed E-state index contributed by atoms with van der Waals surface area (Å²) in [5.74, 6) is 0.688. The Bertz CT molecular complexity index is 502. The van der Waals surface area contributed by atoms with Gasteiger partial charge in [0.2, 0.25) is 5.91 Å². The topological polar surface area (TPSA) is 46.3 Å². The van der Waals surface area contributed by atoms with E-state index in [1.165, 1.54) is 11.1 Å². The lowest BCUT2D eigenvalue weighted by molar-refractivity contribution is -0.132. The number of benzene rings is 1. The van der Waals surface area contributed by atoms with Crippen LogP contribution in [0.15, 0.2) is 18.2 Å².